The van der Waals surface area contributed by atoms with Gasteiger partial charge in [-0.1, -0.05) is 6.42 Å². The summed E-state index contributed by atoms with van der Waals surface area (Å²) in [5.41, 5.74) is -0.148. The Morgan fingerprint density at radius 2 is 1.89 bits per heavy atom. The van der Waals surface area contributed by atoms with Crippen LogP contribution in [0.3, 0.4) is 0 Å². The number of piperidine rings is 1. The summed E-state index contributed by atoms with van der Waals surface area (Å²) < 4.78 is 26.7. The minimum absolute atomic E-state index is 0.148. The third-order valence-corrected chi connectivity index (χ3v) is 3.93. The van der Waals surface area contributed by atoms with E-state index < -0.39 is 11.6 Å². The Balaban J connectivity index is 2.14. The maximum absolute atomic E-state index is 13.6. The molecule has 0 radical (unpaired) electrons. The molecule has 0 amide bonds. The smallest absolute Gasteiger partial charge is 0.179 e. The molecule has 1 fully saturated rings. The van der Waals surface area contributed by atoms with E-state index in [9.17, 15) is 13.6 Å². The lowest BCUT2D eigenvalue weighted by atomic mass is 9.96. The second-order valence-corrected chi connectivity index (χ2v) is 5.35. The molecule has 0 aromatic heterocycles. The van der Waals surface area contributed by atoms with Crippen LogP contribution in [-0.2, 0) is 0 Å². The van der Waals surface area contributed by atoms with E-state index in [0.29, 0.717) is 12.1 Å². The molecule has 2 nitrogen and oxygen atoms in total. The highest BCUT2D eigenvalue weighted by Gasteiger charge is 2.27. The van der Waals surface area contributed by atoms with Gasteiger partial charge in [0.25, 0.3) is 0 Å². The minimum atomic E-state index is -0.649. The van der Waals surface area contributed by atoms with Gasteiger partial charge >= 0.3 is 0 Å². The number of benzene rings is 1. The van der Waals surface area contributed by atoms with Crippen LogP contribution < -0.4 is 0 Å². The first-order valence-electron chi connectivity index (χ1n) is 6.73. The number of rotatable bonds is 3. The van der Waals surface area contributed by atoms with Crippen molar-refractivity contribution in [1.29, 1.82) is 0 Å². The van der Waals surface area contributed by atoms with Crippen molar-refractivity contribution in [3.8, 4) is 0 Å². The minimum Gasteiger partial charge on any atom is -0.293 e. The van der Waals surface area contributed by atoms with Gasteiger partial charge in [0, 0.05) is 12.1 Å². The standard InChI is InChI=1S/C15H19F2NO/c1-10-4-3-5-11(2)18(10)9-15(19)13-8-12(16)6-7-14(13)17/h6-8,10-11H,3-5,9H2,1-2H3. The molecule has 2 unspecified atom stereocenters. The Hall–Kier alpha value is -1.29. The van der Waals surface area contributed by atoms with Gasteiger partial charge in [-0.15, -0.1) is 0 Å². The molecule has 0 spiro atoms. The van der Waals surface area contributed by atoms with Crippen LogP contribution >= 0.6 is 0 Å². The molecule has 0 N–H and O–H groups in total. The van der Waals surface area contributed by atoms with Crippen LogP contribution in [0.25, 0.3) is 0 Å². The van der Waals surface area contributed by atoms with Gasteiger partial charge in [-0.25, -0.2) is 8.78 Å². The SMILES string of the molecule is CC1CCCC(C)N1CC(=O)c1cc(F)ccc1F. The van der Waals surface area contributed by atoms with Gasteiger partial charge in [-0.3, -0.25) is 9.69 Å². The number of hydrogen-bond donors (Lipinski definition) is 0. The van der Waals surface area contributed by atoms with Crippen molar-refractivity contribution in [2.24, 2.45) is 0 Å². The van der Waals surface area contributed by atoms with E-state index >= 15 is 0 Å². The largest absolute Gasteiger partial charge is 0.293 e. The molecule has 0 bridgehead atoms. The molecule has 1 heterocycles. The molecule has 104 valence electrons. The number of Topliss-reactive ketones (excluding diaryl/α,β-unsaturated/α-hetero) is 1. The van der Waals surface area contributed by atoms with Gasteiger partial charge in [-0.05, 0) is 44.9 Å². The number of nitrogens with zero attached hydrogens (tertiary/aromatic N) is 1. The molecule has 19 heavy (non-hydrogen) atoms. The number of carbonyl (C=O) groups is 1. The lowest BCUT2D eigenvalue weighted by Crippen LogP contribution is -2.46. The Bertz CT molecular complexity index is 465. The third-order valence-electron chi connectivity index (χ3n) is 3.93. The average molecular weight is 267 g/mol. The molecule has 0 aliphatic carbocycles. The fraction of sp³-hybridized carbons (Fsp3) is 0.533. The van der Waals surface area contributed by atoms with Crippen molar-refractivity contribution >= 4 is 5.78 Å². The first-order valence-corrected chi connectivity index (χ1v) is 6.73. The molecular weight excluding hydrogens is 248 g/mol. The summed E-state index contributed by atoms with van der Waals surface area (Å²) in [6.07, 6.45) is 3.24. The van der Waals surface area contributed by atoms with E-state index in [1.54, 1.807) is 0 Å². The van der Waals surface area contributed by atoms with Gasteiger partial charge in [0.1, 0.15) is 11.6 Å². The zero-order valence-corrected chi connectivity index (χ0v) is 11.3. The molecular formula is C15H19F2NO. The highest BCUT2D eigenvalue weighted by molar-refractivity contribution is 5.97. The molecule has 0 saturated carbocycles. The summed E-state index contributed by atoms with van der Waals surface area (Å²) in [7, 11) is 0. The zero-order valence-electron chi connectivity index (χ0n) is 11.3. The lowest BCUT2D eigenvalue weighted by Gasteiger charge is -2.38. The number of carbonyl (C=O) groups excluding carboxylic acids is 1. The average Bonchev–Trinajstić information content (AvgIpc) is 2.37. The van der Waals surface area contributed by atoms with Crippen molar-refractivity contribution in [3.05, 3.63) is 35.4 Å². The zero-order chi connectivity index (χ0) is 14.0. The highest BCUT2D eigenvalue weighted by atomic mass is 19.1. The van der Waals surface area contributed by atoms with Crippen LogP contribution in [0.15, 0.2) is 18.2 Å². The van der Waals surface area contributed by atoms with Crippen LogP contribution in [0.4, 0.5) is 8.78 Å². The number of hydrogen-bond acceptors (Lipinski definition) is 2. The van der Waals surface area contributed by atoms with E-state index in [4.69, 9.17) is 0 Å². The van der Waals surface area contributed by atoms with Crippen LogP contribution in [0, 0.1) is 11.6 Å². The number of halogens is 2. The van der Waals surface area contributed by atoms with E-state index in [1.807, 2.05) is 0 Å². The van der Waals surface area contributed by atoms with E-state index in [-0.39, 0.29) is 17.9 Å². The summed E-state index contributed by atoms with van der Waals surface area (Å²) in [5, 5.41) is 0. The molecule has 1 aromatic carbocycles. The molecule has 2 rings (SSSR count). The maximum atomic E-state index is 13.6. The fourth-order valence-electron chi connectivity index (χ4n) is 2.75. The van der Waals surface area contributed by atoms with Crippen LogP contribution in [-0.4, -0.2) is 29.3 Å². The Kier molecular flexibility index (Phi) is 4.30. The van der Waals surface area contributed by atoms with Crippen LogP contribution in [0.5, 0.6) is 0 Å². The van der Waals surface area contributed by atoms with Gasteiger partial charge in [0.15, 0.2) is 5.78 Å². The first-order chi connectivity index (χ1) is 8.99. The Morgan fingerprint density at radius 1 is 1.26 bits per heavy atom. The lowest BCUT2D eigenvalue weighted by molar-refractivity contribution is 0.0730. The van der Waals surface area contributed by atoms with E-state index in [1.165, 1.54) is 0 Å². The Labute approximate surface area is 112 Å². The molecule has 1 saturated heterocycles. The van der Waals surface area contributed by atoms with Gasteiger partial charge in [0.2, 0.25) is 0 Å². The second kappa shape index (κ2) is 5.78. The van der Waals surface area contributed by atoms with E-state index in [0.717, 1.165) is 37.5 Å². The molecule has 1 aliphatic rings. The third kappa shape index (κ3) is 3.18. The molecule has 4 heteroatoms. The number of ketones is 1. The summed E-state index contributed by atoms with van der Waals surface area (Å²) >= 11 is 0. The summed E-state index contributed by atoms with van der Waals surface area (Å²) in [5.74, 6) is -1.58. The molecule has 2 atom stereocenters. The van der Waals surface area contributed by atoms with Gasteiger partial charge in [0.05, 0.1) is 12.1 Å². The van der Waals surface area contributed by atoms with Crippen molar-refractivity contribution in [1.82, 2.24) is 4.90 Å². The summed E-state index contributed by atoms with van der Waals surface area (Å²) in [4.78, 5) is 14.2. The predicted octanol–water partition coefficient (Wildman–Crippen LogP) is 3.41. The topological polar surface area (TPSA) is 20.3 Å². The monoisotopic (exact) mass is 267 g/mol. The summed E-state index contributed by atoms with van der Waals surface area (Å²) in [6, 6.07) is 3.63. The van der Waals surface area contributed by atoms with Gasteiger partial charge in [-0.2, -0.15) is 0 Å². The van der Waals surface area contributed by atoms with E-state index in [2.05, 4.69) is 18.7 Å². The van der Waals surface area contributed by atoms with Gasteiger partial charge < -0.3 is 0 Å². The van der Waals surface area contributed by atoms with Crippen LogP contribution in [0.1, 0.15) is 43.5 Å². The number of likely N-dealkylation sites (tertiary alicyclic amines) is 1. The van der Waals surface area contributed by atoms with Crippen molar-refractivity contribution in [3.63, 3.8) is 0 Å². The normalized spacial score (nSPS) is 24.4. The molecule has 1 aliphatic heterocycles. The van der Waals surface area contributed by atoms with Crippen molar-refractivity contribution < 1.29 is 13.6 Å². The maximum Gasteiger partial charge on any atom is 0.179 e. The first kappa shape index (κ1) is 14.1. The Morgan fingerprint density at radius 3 is 2.53 bits per heavy atom. The van der Waals surface area contributed by atoms with Crippen molar-refractivity contribution in [2.75, 3.05) is 6.54 Å². The quantitative estimate of drug-likeness (QED) is 0.782. The van der Waals surface area contributed by atoms with Crippen molar-refractivity contribution in [2.45, 2.75) is 45.2 Å². The predicted molar refractivity (Wildman–Crippen MR) is 70.2 cm³/mol. The summed E-state index contributed by atoms with van der Waals surface area (Å²) in [6.45, 7) is 4.30. The fourth-order valence-corrected chi connectivity index (χ4v) is 2.75. The molecule has 1 aromatic rings. The highest BCUT2D eigenvalue weighted by Crippen LogP contribution is 2.23. The van der Waals surface area contributed by atoms with Crippen LogP contribution in [0.2, 0.25) is 0 Å². The second-order valence-electron chi connectivity index (χ2n) is 5.35.